The minimum atomic E-state index is -0.883. The van der Waals surface area contributed by atoms with Crippen LogP contribution in [0.2, 0.25) is 0 Å². The maximum absolute atomic E-state index is 11.8. The number of nitrogens with two attached hydrogens (primary N) is 1. The van der Waals surface area contributed by atoms with Crippen molar-refractivity contribution in [1.29, 1.82) is 0 Å². The standard InChI is InChI=1S/C20H24N4O6S/c1-12-6-8-22-17(21)14(12)10-31-20-23-18-13(7-9-28-18)19(24-20)30-11-29-16(27)5-3-2-4-15(25)26/h6,8H,2-5,7,9-11H2,1H3,(H2,21,22)(H,25,26). The van der Waals surface area contributed by atoms with Gasteiger partial charge < -0.3 is 25.1 Å². The van der Waals surface area contributed by atoms with Crippen molar-refractivity contribution in [2.45, 2.75) is 49.9 Å². The number of carboxylic acid groups (broad SMARTS) is 1. The highest BCUT2D eigenvalue weighted by Gasteiger charge is 2.23. The van der Waals surface area contributed by atoms with Crippen LogP contribution in [-0.4, -0.2) is 45.4 Å². The van der Waals surface area contributed by atoms with Crippen LogP contribution < -0.4 is 15.2 Å². The van der Waals surface area contributed by atoms with Gasteiger partial charge in [0, 0.05) is 36.8 Å². The highest BCUT2D eigenvalue weighted by Crippen LogP contribution is 2.34. The van der Waals surface area contributed by atoms with E-state index in [1.807, 2.05) is 13.0 Å². The summed E-state index contributed by atoms with van der Waals surface area (Å²) in [5, 5.41) is 9.06. The summed E-state index contributed by atoms with van der Waals surface area (Å²) >= 11 is 1.38. The predicted octanol–water partition coefficient (Wildman–Crippen LogP) is 2.51. The number of hydrogen-bond acceptors (Lipinski definition) is 10. The Kier molecular flexibility index (Phi) is 7.88. The Balaban J connectivity index is 1.56. The number of esters is 1. The van der Waals surface area contributed by atoms with E-state index in [1.54, 1.807) is 6.20 Å². The number of rotatable bonds is 11. The van der Waals surface area contributed by atoms with E-state index in [1.165, 1.54) is 11.8 Å². The van der Waals surface area contributed by atoms with Crippen molar-refractivity contribution in [1.82, 2.24) is 15.0 Å². The van der Waals surface area contributed by atoms with Crippen LogP contribution in [0.1, 0.15) is 42.4 Å². The van der Waals surface area contributed by atoms with E-state index in [-0.39, 0.29) is 19.6 Å². The highest BCUT2D eigenvalue weighted by molar-refractivity contribution is 7.98. The first-order valence-corrected chi connectivity index (χ1v) is 10.8. The number of unbranched alkanes of at least 4 members (excludes halogenated alkanes) is 1. The van der Waals surface area contributed by atoms with Crippen LogP contribution in [0.15, 0.2) is 17.4 Å². The second-order valence-corrected chi connectivity index (χ2v) is 7.80. The Hall–Kier alpha value is -3.08. The fourth-order valence-corrected chi connectivity index (χ4v) is 3.84. The Morgan fingerprint density at radius 3 is 2.87 bits per heavy atom. The molecule has 1 aliphatic heterocycles. The Labute approximate surface area is 183 Å². The minimum Gasteiger partial charge on any atom is -0.481 e. The molecule has 0 atom stereocenters. The van der Waals surface area contributed by atoms with Gasteiger partial charge in [-0.25, -0.2) is 4.98 Å². The first-order chi connectivity index (χ1) is 14.9. The van der Waals surface area contributed by atoms with Gasteiger partial charge in [0.1, 0.15) is 5.82 Å². The van der Waals surface area contributed by atoms with Gasteiger partial charge in [0.25, 0.3) is 0 Å². The molecule has 0 amide bonds. The molecule has 0 aliphatic carbocycles. The molecule has 3 rings (SSSR count). The summed E-state index contributed by atoms with van der Waals surface area (Å²) in [5.74, 6) is 0.449. The maximum atomic E-state index is 11.8. The van der Waals surface area contributed by atoms with Gasteiger partial charge in [0.2, 0.25) is 18.6 Å². The van der Waals surface area contributed by atoms with Gasteiger partial charge in [-0.1, -0.05) is 11.8 Å². The van der Waals surface area contributed by atoms with E-state index in [4.69, 9.17) is 25.1 Å². The number of nitrogen functional groups attached to an aromatic ring is 1. The zero-order chi connectivity index (χ0) is 22.2. The quantitative estimate of drug-likeness (QED) is 0.172. The largest absolute Gasteiger partial charge is 0.481 e. The lowest BCUT2D eigenvalue weighted by molar-refractivity contribution is -0.150. The molecule has 3 N–H and O–H groups in total. The molecule has 0 spiro atoms. The third-order valence-electron chi connectivity index (χ3n) is 4.61. The normalized spacial score (nSPS) is 12.2. The average molecular weight is 449 g/mol. The van der Waals surface area contributed by atoms with Crippen molar-refractivity contribution < 1.29 is 28.9 Å². The van der Waals surface area contributed by atoms with Crippen molar-refractivity contribution >= 4 is 29.5 Å². The van der Waals surface area contributed by atoms with Gasteiger partial charge in [-0.15, -0.1) is 0 Å². The van der Waals surface area contributed by atoms with E-state index in [2.05, 4.69) is 15.0 Å². The summed E-state index contributed by atoms with van der Waals surface area (Å²) in [6.07, 6.45) is 3.30. The molecule has 0 saturated heterocycles. The SMILES string of the molecule is Cc1ccnc(N)c1CSc1nc2c(c(OCOC(=O)CCCCC(=O)O)n1)CCO2. The summed E-state index contributed by atoms with van der Waals surface area (Å²) in [6, 6.07) is 1.89. The Morgan fingerprint density at radius 2 is 2.10 bits per heavy atom. The van der Waals surface area contributed by atoms with Crippen LogP contribution in [0.4, 0.5) is 5.82 Å². The van der Waals surface area contributed by atoms with Gasteiger partial charge in [-0.2, -0.15) is 9.97 Å². The summed E-state index contributed by atoms with van der Waals surface area (Å²) in [4.78, 5) is 35.2. The second-order valence-electron chi connectivity index (χ2n) is 6.85. The van der Waals surface area contributed by atoms with Crippen LogP contribution in [0.3, 0.4) is 0 Å². The van der Waals surface area contributed by atoms with Crippen molar-refractivity contribution in [2.24, 2.45) is 0 Å². The fraction of sp³-hybridized carbons (Fsp3) is 0.450. The Morgan fingerprint density at radius 1 is 1.29 bits per heavy atom. The smallest absolute Gasteiger partial charge is 0.308 e. The summed E-state index contributed by atoms with van der Waals surface area (Å²) in [6.45, 7) is 2.15. The van der Waals surface area contributed by atoms with Crippen LogP contribution >= 0.6 is 11.8 Å². The van der Waals surface area contributed by atoms with Crippen LogP contribution in [-0.2, 0) is 26.5 Å². The van der Waals surface area contributed by atoms with E-state index < -0.39 is 11.9 Å². The lowest BCUT2D eigenvalue weighted by Crippen LogP contribution is -2.12. The van der Waals surface area contributed by atoms with E-state index in [0.29, 0.717) is 54.4 Å². The zero-order valence-electron chi connectivity index (χ0n) is 17.1. The number of hydrogen-bond donors (Lipinski definition) is 2. The number of carboxylic acids is 1. The van der Waals surface area contributed by atoms with Gasteiger partial charge >= 0.3 is 11.9 Å². The van der Waals surface area contributed by atoms with Crippen LogP contribution in [0.5, 0.6) is 11.8 Å². The average Bonchev–Trinajstić information content (AvgIpc) is 3.19. The molecule has 0 unspecified atom stereocenters. The Bertz CT molecular complexity index is 935. The monoisotopic (exact) mass is 448 g/mol. The molecule has 0 bridgehead atoms. The van der Waals surface area contributed by atoms with Gasteiger partial charge in [-0.3, -0.25) is 9.59 Å². The molecule has 11 heteroatoms. The third kappa shape index (κ3) is 6.45. The molecule has 0 radical (unpaired) electrons. The lowest BCUT2D eigenvalue weighted by Gasteiger charge is -2.11. The van der Waals surface area contributed by atoms with Crippen molar-refractivity contribution in [3.63, 3.8) is 0 Å². The first kappa shape index (κ1) is 22.6. The first-order valence-electron chi connectivity index (χ1n) is 9.80. The van der Waals surface area contributed by atoms with Crippen molar-refractivity contribution in [2.75, 3.05) is 19.1 Å². The molecule has 3 heterocycles. The summed E-state index contributed by atoms with van der Waals surface area (Å²) in [7, 11) is 0. The molecule has 166 valence electrons. The highest BCUT2D eigenvalue weighted by atomic mass is 32.2. The van der Waals surface area contributed by atoms with E-state index in [0.717, 1.165) is 16.7 Å². The van der Waals surface area contributed by atoms with Gasteiger partial charge in [0.05, 0.1) is 12.2 Å². The fourth-order valence-electron chi connectivity index (χ4n) is 2.90. The van der Waals surface area contributed by atoms with E-state index in [9.17, 15) is 9.59 Å². The topological polar surface area (TPSA) is 147 Å². The number of aromatic nitrogens is 3. The lowest BCUT2D eigenvalue weighted by atomic mass is 10.2. The van der Waals surface area contributed by atoms with Gasteiger partial charge in [-0.05, 0) is 31.4 Å². The number of ether oxygens (including phenoxy) is 3. The van der Waals surface area contributed by atoms with Crippen LogP contribution in [0.25, 0.3) is 0 Å². The number of nitrogens with zero attached hydrogens (tertiary/aromatic N) is 3. The molecular weight excluding hydrogens is 424 g/mol. The summed E-state index contributed by atoms with van der Waals surface area (Å²) < 4.78 is 16.2. The molecule has 2 aromatic heterocycles. The summed E-state index contributed by atoms with van der Waals surface area (Å²) in [5.41, 5.74) is 8.65. The van der Waals surface area contributed by atoms with Crippen LogP contribution in [0, 0.1) is 6.92 Å². The third-order valence-corrected chi connectivity index (χ3v) is 5.48. The van der Waals surface area contributed by atoms with E-state index >= 15 is 0 Å². The molecule has 2 aromatic rings. The molecule has 31 heavy (non-hydrogen) atoms. The molecule has 0 fully saturated rings. The number of aliphatic carboxylic acids is 1. The van der Waals surface area contributed by atoms with Crippen molar-refractivity contribution in [3.8, 4) is 11.8 Å². The molecule has 0 saturated carbocycles. The molecule has 0 aromatic carbocycles. The predicted molar refractivity (Wildman–Crippen MR) is 112 cm³/mol. The second kappa shape index (κ2) is 10.8. The number of aryl methyl sites for hydroxylation is 1. The minimum absolute atomic E-state index is 0.0293. The zero-order valence-corrected chi connectivity index (χ0v) is 17.9. The number of fused-ring (bicyclic) bond motifs is 1. The number of carbonyl (C=O) groups excluding carboxylic acids is 1. The van der Waals surface area contributed by atoms with Crippen molar-refractivity contribution in [3.05, 3.63) is 29.0 Å². The molecular formula is C20H24N4O6S. The van der Waals surface area contributed by atoms with Gasteiger partial charge in [0.15, 0.2) is 5.16 Å². The maximum Gasteiger partial charge on any atom is 0.308 e. The molecule has 10 nitrogen and oxygen atoms in total. The molecule has 1 aliphatic rings. The number of pyridine rings is 1. The number of carbonyl (C=O) groups is 2. The number of anilines is 1. The number of thioether (sulfide) groups is 1.